The summed E-state index contributed by atoms with van der Waals surface area (Å²) in [5.74, 6) is -0.332. The second kappa shape index (κ2) is 6.82. The molecule has 0 unspecified atom stereocenters. The Morgan fingerprint density at radius 2 is 1.45 bits per heavy atom. The molecule has 0 amide bonds. The first kappa shape index (κ1) is 20.6. The first-order valence-corrected chi connectivity index (χ1v) is 6.21. The van der Waals surface area contributed by atoms with E-state index in [0.717, 1.165) is 0 Å². The van der Waals surface area contributed by atoms with E-state index in [9.17, 15) is 13.2 Å². The third kappa shape index (κ3) is 6.18. The number of pyridine rings is 1. The Hall–Kier alpha value is -1.36. The molecule has 0 fully saturated rings. The Kier molecular flexibility index (Phi) is 6.40. The number of halogens is 3. The van der Waals surface area contributed by atoms with Crippen LogP contribution in [0.15, 0.2) is 12.3 Å². The van der Waals surface area contributed by atoms with Crippen molar-refractivity contribution in [1.82, 2.24) is 4.98 Å². The monoisotopic (exact) mass is 324 g/mol. The fraction of sp³-hybridized carbons (Fsp3) is 0.583. The summed E-state index contributed by atoms with van der Waals surface area (Å²) in [7, 11) is -2.22. The van der Waals surface area contributed by atoms with Gasteiger partial charge >= 0.3 is 13.3 Å². The molecule has 1 aromatic rings. The Morgan fingerprint density at radius 1 is 1.05 bits per heavy atom. The fourth-order valence-corrected chi connectivity index (χ4v) is 0.933. The van der Waals surface area contributed by atoms with Crippen molar-refractivity contribution in [2.45, 2.75) is 45.1 Å². The zero-order chi connectivity index (χ0) is 17.9. The molecule has 6 nitrogen and oxygen atoms in total. The standard InChI is InChI=1S/C6H6BF3N2O2.C6H14O2/c8-6(9,10)3-1-5(11)12-2-4(3)7(13)14;1-5(2,7)6(3,4)8/h1-2,13-14H,(H2,11,12);7-8H,1-4H3. The molecule has 0 saturated heterocycles. The Balaban J connectivity index is 0.000000472. The maximum Gasteiger partial charge on any atom is 0.490 e. The maximum absolute atomic E-state index is 12.3. The highest BCUT2D eigenvalue weighted by atomic mass is 19.4. The van der Waals surface area contributed by atoms with Gasteiger partial charge in [0, 0.05) is 11.7 Å². The van der Waals surface area contributed by atoms with Gasteiger partial charge in [-0.2, -0.15) is 13.2 Å². The number of rotatable bonds is 2. The minimum absolute atomic E-state index is 0.332. The third-order valence-corrected chi connectivity index (χ3v) is 3.04. The van der Waals surface area contributed by atoms with E-state index in [0.29, 0.717) is 12.3 Å². The quantitative estimate of drug-likeness (QED) is 0.484. The van der Waals surface area contributed by atoms with Crippen LogP contribution in [0.4, 0.5) is 19.0 Å². The number of nitrogen functional groups attached to an aromatic ring is 1. The van der Waals surface area contributed by atoms with Crippen molar-refractivity contribution >= 4 is 18.4 Å². The zero-order valence-corrected chi connectivity index (χ0v) is 12.7. The Morgan fingerprint density at radius 3 is 1.73 bits per heavy atom. The number of nitrogens with zero attached hydrogens (tertiary/aromatic N) is 1. The summed E-state index contributed by atoms with van der Waals surface area (Å²) >= 11 is 0. The van der Waals surface area contributed by atoms with Crippen LogP contribution >= 0.6 is 0 Å². The highest BCUT2D eigenvalue weighted by molar-refractivity contribution is 6.59. The molecule has 0 radical (unpaired) electrons. The van der Waals surface area contributed by atoms with E-state index in [1.54, 1.807) is 27.7 Å². The average molecular weight is 324 g/mol. The first-order valence-electron chi connectivity index (χ1n) is 6.21. The lowest BCUT2D eigenvalue weighted by atomic mass is 9.78. The predicted octanol–water partition coefficient (Wildman–Crippen LogP) is -0.109. The van der Waals surface area contributed by atoms with Crippen LogP contribution < -0.4 is 11.2 Å². The van der Waals surface area contributed by atoms with Crippen LogP contribution in [0.3, 0.4) is 0 Å². The highest BCUT2D eigenvalue weighted by Gasteiger charge is 2.36. The summed E-state index contributed by atoms with van der Waals surface area (Å²) in [5.41, 5.74) is 1.13. The van der Waals surface area contributed by atoms with Gasteiger partial charge in [-0.05, 0) is 33.8 Å². The number of aromatic nitrogens is 1. The van der Waals surface area contributed by atoms with Crippen molar-refractivity contribution in [3.05, 3.63) is 17.8 Å². The number of aliphatic hydroxyl groups is 2. The molecule has 0 atom stereocenters. The molecular weight excluding hydrogens is 304 g/mol. The van der Waals surface area contributed by atoms with Gasteiger partial charge in [-0.1, -0.05) is 0 Å². The van der Waals surface area contributed by atoms with E-state index in [2.05, 4.69) is 4.98 Å². The predicted molar refractivity (Wildman–Crippen MR) is 76.1 cm³/mol. The van der Waals surface area contributed by atoms with Crippen LogP contribution in [0.1, 0.15) is 33.3 Å². The lowest BCUT2D eigenvalue weighted by Gasteiger charge is -2.31. The zero-order valence-electron chi connectivity index (χ0n) is 12.7. The number of nitrogens with two attached hydrogens (primary N) is 1. The van der Waals surface area contributed by atoms with E-state index in [-0.39, 0.29) is 5.82 Å². The molecular formula is C12H20BF3N2O4. The van der Waals surface area contributed by atoms with E-state index < -0.39 is 35.5 Å². The second-order valence-electron chi connectivity index (χ2n) is 5.69. The molecule has 0 bridgehead atoms. The van der Waals surface area contributed by atoms with Gasteiger partial charge in [0.05, 0.1) is 16.8 Å². The molecule has 6 N–H and O–H groups in total. The number of alkyl halides is 3. The summed E-state index contributed by atoms with van der Waals surface area (Å²) in [6.45, 7) is 6.31. The SMILES string of the molecule is CC(C)(O)C(C)(C)O.Nc1cc(C(F)(F)F)c(B(O)O)cn1. The lowest BCUT2D eigenvalue weighted by molar-refractivity contribution is -0.136. The van der Waals surface area contributed by atoms with Gasteiger partial charge in [0.15, 0.2) is 0 Å². The van der Waals surface area contributed by atoms with Gasteiger partial charge in [0.25, 0.3) is 0 Å². The van der Waals surface area contributed by atoms with Crippen LogP contribution in [0.2, 0.25) is 0 Å². The number of hydrogen-bond donors (Lipinski definition) is 5. The maximum atomic E-state index is 12.3. The lowest BCUT2D eigenvalue weighted by Crippen LogP contribution is -2.44. The minimum atomic E-state index is -4.68. The van der Waals surface area contributed by atoms with Crippen molar-refractivity contribution in [2.75, 3.05) is 5.73 Å². The van der Waals surface area contributed by atoms with Gasteiger partial charge < -0.3 is 26.0 Å². The molecule has 10 heteroatoms. The van der Waals surface area contributed by atoms with Crippen LogP contribution in [0.25, 0.3) is 0 Å². The average Bonchev–Trinajstić information content (AvgIpc) is 2.25. The smallest absolute Gasteiger partial charge is 0.423 e. The van der Waals surface area contributed by atoms with Crippen LogP contribution in [-0.2, 0) is 6.18 Å². The molecule has 0 aliphatic carbocycles. The van der Waals surface area contributed by atoms with Crippen molar-refractivity contribution in [2.24, 2.45) is 0 Å². The molecule has 1 aromatic heterocycles. The van der Waals surface area contributed by atoms with Crippen LogP contribution in [-0.4, -0.2) is 43.6 Å². The van der Waals surface area contributed by atoms with Gasteiger partial charge in [-0.25, -0.2) is 4.98 Å². The molecule has 0 aliphatic rings. The molecule has 1 heterocycles. The van der Waals surface area contributed by atoms with Crippen LogP contribution in [0, 0.1) is 0 Å². The second-order valence-corrected chi connectivity index (χ2v) is 5.69. The van der Waals surface area contributed by atoms with E-state index >= 15 is 0 Å². The number of hydrogen-bond acceptors (Lipinski definition) is 6. The normalized spacial score (nSPS) is 12.5. The largest absolute Gasteiger partial charge is 0.490 e. The fourth-order valence-electron chi connectivity index (χ4n) is 0.933. The van der Waals surface area contributed by atoms with Gasteiger partial charge in [0.1, 0.15) is 5.82 Å². The summed E-state index contributed by atoms with van der Waals surface area (Å²) < 4.78 is 36.8. The van der Waals surface area contributed by atoms with Crippen molar-refractivity contribution < 1.29 is 33.4 Å². The van der Waals surface area contributed by atoms with Gasteiger partial charge in [-0.3, -0.25) is 0 Å². The molecule has 1 rings (SSSR count). The third-order valence-electron chi connectivity index (χ3n) is 3.04. The summed E-state index contributed by atoms with van der Waals surface area (Å²) in [4.78, 5) is 3.33. The Bertz CT molecular complexity index is 485. The molecule has 22 heavy (non-hydrogen) atoms. The van der Waals surface area contributed by atoms with E-state index in [4.69, 9.17) is 26.0 Å². The van der Waals surface area contributed by atoms with Crippen LogP contribution in [0.5, 0.6) is 0 Å². The van der Waals surface area contributed by atoms with Crippen molar-refractivity contribution in [1.29, 1.82) is 0 Å². The van der Waals surface area contributed by atoms with E-state index in [1.165, 1.54) is 0 Å². The molecule has 0 aliphatic heterocycles. The van der Waals surface area contributed by atoms with Crippen molar-refractivity contribution in [3.8, 4) is 0 Å². The minimum Gasteiger partial charge on any atom is -0.423 e. The first-order chi connectivity index (χ1) is 9.57. The van der Waals surface area contributed by atoms with E-state index in [1.807, 2.05) is 0 Å². The van der Waals surface area contributed by atoms with Crippen molar-refractivity contribution in [3.63, 3.8) is 0 Å². The van der Waals surface area contributed by atoms with Gasteiger partial charge in [0.2, 0.25) is 0 Å². The molecule has 126 valence electrons. The summed E-state index contributed by atoms with van der Waals surface area (Å²) in [6, 6.07) is 0.550. The highest BCUT2D eigenvalue weighted by Crippen LogP contribution is 2.28. The molecule has 0 spiro atoms. The molecule has 0 aromatic carbocycles. The summed E-state index contributed by atoms with van der Waals surface area (Å²) in [6.07, 6.45) is -4.00. The molecule has 0 saturated carbocycles. The number of anilines is 1. The topological polar surface area (TPSA) is 120 Å². The Labute approximate surface area is 126 Å². The summed E-state index contributed by atoms with van der Waals surface area (Å²) in [5, 5.41) is 35.5. The van der Waals surface area contributed by atoms with Gasteiger partial charge in [-0.15, -0.1) is 0 Å².